The van der Waals surface area contributed by atoms with Crippen molar-refractivity contribution in [1.29, 1.82) is 0 Å². The van der Waals surface area contributed by atoms with Gasteiger partial charge in [0.1, 0.15) is 0 Å². The normalized spacial score (nSPS) is 26.6. The second kappa shape index (κ2) is 5.72. The van der Waals surface area contributed by atoms with Gasteiger partial charge in [-0.3, -0.25) is 0 Å². The van der Waals surface area contributed by atoms with Crippen LogP contribution in [0, 0.1) is 11.8 Å². The van der Waals surface area contributed by atoms with Crippen molar-refractivity contribution in [2.45, 2.75) is 38.5 Å². The summed E-state index contributed by atoms with van der Waals surface area (Å²) in [7, 11) is 0. The maximum Gasteiger partial charge on any atom is 0.0468 e. The van der Waals surface area contributed by atoms with Crippen molar-refractivity contribution in [3.05, 3.63) is 0 Å². The lowest BCUT2D eigenvalue weighted by Gasteiger charge is -2.26. The van der Waals surface area contributed by atoms with Gasteiger partial charge in [0.15, 0.2) is 0 Å². The molecule has 2 saturated heterocycles. The molecular formula is C12H23NO. The SMILES string of the molecule is C1CC(CCC2CCOCC2)CCN1. The Morgan fingerprint density at radius 3 is 2.07 bits per heavy atom. The van der Waals surface area contributed by atoms with Gasteiger partial charge in [0.05, 0.1) is 0 Å². The smallest absolute Gasteiger partial charge is 0.0468 e. The standard InChI is InChI=1S/C12H23NO/c1(11-3-7-13-8-4-11)2-12-5-9-14-10-6-12/h11-13H,1-10H2. The molecule has 0 aromatic heterocycles. The second-order valence-corrected chi connectivity index (χ2v) is 4.83. The summed E-state index contributed by atoms with van der Waals surface area (Å²) in [4.78, 5) is 0. The molecule has 0 atom stereocenters. The van der Waals surface area contributed by atoms with Gasteiger partial charge in [-0.1, -0.05) is 12.8 Å². The molecule has 2 nitrogen and oxygen atoms in total. The summed E-state index contributed by atoms with van der Waals surface area (Å²) in [6.07, 6.45) is 8.35. The molecule has 2 heteroatoms. The van der Waals surface area contributed by atoms with E-state index in [2.05, 4.69) is 5.32 Å². The van der Waals surface area contributed by atoms with Gasteiger partial charge in [0, 0.05) is 13.2 Å². The molecule has 0 aromatic carbocycles. The van der Waals surface area contributed by atoms with Crippen LogP contribution in [0.2, 0.25) is 0 Å². The van der Waals surface area contributed by atoms with Crippen LogP contribution in [0.25, 0.3) is 0 Å². The van der Waals surface area contributed by atoms with Crippen LogP contribution < -0.4 is 5.32 Å². The molecule has 0 unspecified atom stereocenters. The third-order valence-electron chi connectivity index (χ3n) is 3.78. The molecule has 2 aliphatic heterocycles. The zero-order chi connectivity index (χ0) is 9.64. The van der Waals surface area contributed by atoms with E-state index in [0.29, 0.717) is 0 Å². The van der Waals surface area contributed by atoms with Gasteiger partial charge in [-0.05, 0) is 50.6 Å². The molecule has 2 fully saturated rings. The van der Waals surface area contributed by atoms with Crippen molar-refractivity contribution >= 4 is 0 Å². The van der Waals surface area contributed by atoms with Crippen molar-refractivity contribution in [3.8, 4) is 0 Å². The van der Waals surface area contributed by atoms with Gasteiger partial charge >= 0.3 is 0 Å². The van der Waals surface area contributed by atoms with E-state index in [4.69, 9.17) is 4.74 Å². The highest BCUT2D eigenvalue weighted by Gasteiger charge is 2.17. The molecule has 0 saturated carbocycles. The predicted octanol–water partition coefficient (Wildman–Crippen LogP) is 2.19. The van der Waals surface area contributed by atoms with E-state index in [9.17, 15) is 0 Å². The number of nitrogens with one attached hydrogen (secondary N) is 1. The van der Waals surface area contributed by atoms with Gasteiger partial charge in [-0.25, -0.2) is 0 Å². The van der Waals surface area contributed by atoms with Crippen molar-refractivity contribution in [2.24, 2.45) is 11.8 Å². The summed E-state index contributed by atoms with van der Waals surface area (Å²) in [5.41, 5.74) is 0. The van der Waals surface area contributed by atoms with Gasteiger partial charge < -0.3 is 10.1 Å². The number of rotatable bonds is 3. The minimum absolute atomic E-state index is 0.971. The summed E-state index contributed by atoms with van der Waals surface area (Å²) in [5, 5.41) is 3.43. The number of hydrogen-bond donors (Lipinski definition) is 1. The van der Waals surface area contributed by atoms with E-state index in [-0.39, 0.29) is 0 Å². The van der Waals surface area contributed by atoms with Crippen molar-refractivity contribution in [3.63, 3.8) is 0 Å². The molecule has 2 rings (SSSR count). The first-order valence-corrected chi connectivity index (χ1v) is 6.23. The van der Waals surface area contributed by atoms with E-state index in [1.54, 1.807) is 0 Å². The molecule has 0 aromatic rings. The Morgan fingerprint density at radius 1 is 0.857 bits per heavy atom. The van der Waals surface area contributed by atoms with Crippen LogP contribution in [-0.4, -0.2) is 26.3 Å². The Balaban J connectivity index is 1.60. The zero-order valence-electron chi connectivity index (χ0n) is 9.13. The summed E-state index contributed by atoms with van der Waals surface area (Å²) in [6, 6.07) is 0. The highest BCUT2D eigenvalue weighted by atomic mass is 16.5. The Bertz CT molecular complexity index is 130. The van der Waals surface area contributed by atoms with Crippen LogP contribution in [0.1, 0.15) is 38.5 Å². The molecular weight excluding hydrogens is 174 g/mol. The molecule has 0 bridgehead atoms. The molecule has 1 N–H and O–H groups in total. The summed E-state index contributed by atoms with van der Waals surface area (Å²) in [6.45, 7) is 4.52. The Hall–Kier alpha value is -0.0800. The monoisotopic (exact) mass is 197 g/mol. The molecule has 0 spiro atoms. The molecule has 14 heavy (non-hydrogen) atoms. The van der Waals surface area contributed by atoms with E-state index in [0.717, 1.165) is 25.0 Å². The molecule has 2 heterocycles. The van der Waals surface area contributed by atoms with Crippen LogP contribution >= 0.6 is 0 Å². The quantitative estimate of drug-likeness (QED) is 0.749. The number of ether oxygens (including phenoxy) is 1. The fraction of sp³-hybridized carbons (Fsp3) is 1.00. The zero-order valence-corrected chi connectivity index (χ0v) is 9.13. The largest absolute Gasteiger partial charge is 0.381 e. The molecule has 82 valence electrons. The van der Waals surface area contributed by atoms with Crippen molar-refractivity contribution < 1.29 is 4.74 Å². The molecule has 0 aliphatic carbocycles. The first kappa shape index (κ1) is 10.4. The Kier molecular flexibility index (Phi) is 4.26. The third kappa shape index (κ3) is 3.25. The van der Waals surface area contributed by atoms with E-state index < -0.39 is 0 Å². The van der Waals surface area contributed by atoms with Gasteiger partial charge in [0.25, 0.3) is 0 Å². The van der Waals surface area contributed by atoms with Gasteiger partial charge in [-0.2, -0.15) is 0 Å². The van der Waals surface area contributed by atoms with Crippen LogP contribution in [0.4, 0.5) is 0 Å². The van der Waals surface area contributed by atoms with E-state index >= 15 is 0 Å². The first-order valence-electron chi connectivity index (χ1n) is 6.23. The van der Waals surface area contributed by atoms with E-state index in [1.165, 1.54) is 51.6 Å². The average Bonchev–Trinajstić information content (AvgIpc) is 2.29. The second-order valence-electron chi connectivity index (χ2n) is 4.83. The summed E-state index contributed by atoms with van der Waals surface area (Å²) < 4.78 is 5.38. The lowest BCUT2D eigenvalue weighted by molar-refractivity contribution is 0.0613. The van der Waals surface area contributed by atoms with Crippen molar-refractivity contribution in [1.82, 2.24) is 5.32 Å². The lowest BCUT2D eigenvalue weighted by Crippen LogP contribution is -2.28. The van der Waals surface area contributed by atoms with Crippen molar-refractivity contribution in [2.75, 3.05) is 26.3 Å². The minimum atomic E-state index is 0.971. The number of hydrogen-bond acceptors (Lipinski definition) is 2. The first-order chi connectivity index (χ1) is 6.95. The van der Waals surface area contributed by atoms with Gasteiger partial charge in [0.2, 0.25) is 0 Å². The third-order valence-corrected chi connectivity index (χ3v) is 3.78. The van der Waals surface area contributed by atoms with Crippen LogP contribution in [0.5, 0.6) is 0 Å². The maximum atomic E-state index is 5.38. The summed E-state index contributed by atoms with van der Waals surface area (Å²) >= 11 is 0. The highest BCUT2D eigenvalue weighted by molar-refractivity contribution is 4.71. The average molecular weight is 197 g/mol. The predicted molar refractivity (Wildman–Crippen MR) is 58.4 cm³/mol. The number of piperidine rings is 1. The fourth-order valence-corrected chi connectivity index (χ4v) is 2.68. The van der Waals surface area contributed by atoms with E-state index in [1.807, 2.05) is 0 Å². The lowest BCUT2D eigenvalue weighted by atomic mass is 9.87. The highest BCUT2D eigenvalue weighted by Crippen LogP contribution is 2.25. The molecule has 0 amide bonds. The van der Waals surface area contributed by atoms with Gasteiger partial charge in [-0.15, -0.1) is 0 Å². The van der Waals surface area contributed by atoms with Crippen LogP contribution in [0.3, 0.4) is 0 Å². The molecule has 0 radical (unpaired) electrons. The maximum absolute atomic E-state index is 5.38. The van der Waals surface area contributed by atoms with Crippen LogP contribution in [-0.2, 0) is 4.74 Å². The Morgan fingerprint density at radius 2 is 1.43 bits per heavy atom. The van der Waals surface area contributed by atoms with Crippen LogP contribution in [0.15, 0.2) is 0 Å². The topological polar surface area (TPSA) is 21.3 Å². The Labute approximate surface area is 87.4 Å². The molecule has 2 aliphatic rings. The fourth-order valence-electron chi connectivity index (χ4n) is 2.68. The minimum Gasteiger partial charge on any atom is -0.381 e. The summed E-state index contributed by atoms with van der Waals surface area (Å²) in [5.74, 6) is 1.98.